The number of benzene rings is 2. The van der Waals surface area contributed by atoms with Crippen molar-refractivity contribution in [2.45, 2.75) is 26.3 Å². The molecule has 5 rings (SSSR count). The minimum absolute atomic E-state index is 0.251. The van der Waals surface area contributed by atoms with Gasteiger partial charge in [-0.05, 0) is 37.5 Å². The lowest BCUT2D eigenvalue weighted by molar-refractivity contribution is 0.102. The molecule has 0 saturated carbocycles. The Morgan fingerprint density at radius 3 is 2.97 bits per heavy atom. The van der Waals surface area contributed by atoms with Gasteiger partial charge in [-0.15, -0.1) is 0 Å². The van der Waals surface area contributed by atoms with E-state index in [9.17, 15) is 4.79 Å². The van der Waals surface area contributed by atoms with Gasteiger partial charge in [0.05, 0.1) is 19.0 Å². The molecule has 1 aliphatic rings. The molecule has 0 spiro atoms. The number of anilines is 2. The Balaban J connectivity index is 1.18. The lowest BCUT2D eigenvalue weighted by atomic mass is 10.1. The molecular formula is C26H27N5O3. The molecule has 34 heavy (non-hydrogen) atoms. The van der Waals surface area contributed by atoms with E-state index in [4.69, 9.17) is 9.15 Å². The number of rotatable bonds is 8. The van der Waals surface area contributed by atoms with Gasteiger partial charge < -0.3 is 19.4 Å². The van der Waals surface area contributed by atoms with Crippen LogP contribution in [0.4, 0.5) is 11.4 Å². The Labute approximate surface area is 198 Å². The van der Waals surface area contributed by atoms with E-state index >= 15 is 0 Å². The third kappa shape index (κ3) is 4.52. The van der Waals surface area contributed by atoms with Gasteiger partial charge in [-0.25, -0.2) is 4.98 Å². The topological polar surface area (TPSA) is 85.4 Å². The lowest BCUT2D eigenvalue weighted by Crippen LogP contribution is -2.22. The van der Waals surface area contributed by atoms with Crippen LogP contribution in [0.1, 0.15) is 28.0 Å². The van der Waals surface area contributed by atoms with Crippen molar-refractivity contribution in [1.82, 2.24) is 14.8 Å². The summed E-state index contributed by atoms with van der Waals surface area (Å²) >= 11 is 0. The van der Waals surface area contributed by atoms with Crippen LogP contribution in [0.25, 0.3) is 11.3 Å². The van der Waals surface area contributed by atoms with Crippen LogP contribution in [0, 0.1) is 6.92 Å². The highest BCUT2D eigenvalue weighted by molar-refractivity contribution is 6.06. The van der Waals surface area contributed by atoms with E-state index in [-0.39, 0.29) is 11.6 Å². The highest BCUT2D eigenvalue weighted by atomic mass is 16.5. The van der Waals surface area contributed by atoms with Crippen LogP contribution in [0.2, 0.25) is 0 Å². The molecule has 0 fully saturated rings. The van der Waals surface area contributed by atoms with Crippen molar-refractivity contribution in [2.24, 2.45) is 0 Å². The van der Waals surface area contributed by atoms with Crippen molar-refractivity contribution in [2.75, 3.05) is 30.4 Å². The minimum Gasteiger partial charge on any atom is -0.497 e. The molecule has 0 atom stereocenters. The van der Waals surface area contributed by atoms with Crippen LogP contribution < -0.4 is 15.0 Å². The molecule has 174 valence electrons. The van der Waals surface area contributed by atoms with Crippen molar-refractivity contribution in [3.63, 3.8) is 0 Å². The molecule has 4 aromatic rings. The number of ether oxygens (including phenoxy) is 1. The summed E-state index contributed by atoms with van der Waals surface area (Å²) in [6.07, 6.45) is 6.78. The summed E-state index contributed by atoms with van der Waals surface area (Å²) in [6.45, 7) is 4.70. The van der Waals surface area contributed by atoms with Gasteiger partial charge in [0.15, 0.2) is 17.8 Å². The quantitative estimate of drug-likeness (QED) is 0.418. The molecular weight excluding hydrogens is 430 g/mol. The van der Waals surface area contributed by atoms with Crippen LogP contribution in [0.5, 0.6) is 5.75 Å². The number of carbonyl (C=O) groups excluding carboxylic acids is 1. The Bertz CT molecular complexity index is 1310. The normalized spacial score (nSPS) is 12.6. The van der Waals surface area contributed by atoms with Crippen LogP contribution in [0.3, 0.4) is 0 Å². The number of carbonyl (C=O) groups is 1. The summed E-state index contributed by atoms with van der Waals surface area (Å²) in [4.78, 5) is 19.4. The number of amides is 1. The van der Waals surface area contributed by atoms with Crippen LogP contribution in [-0.2, 0) is 13.0 Å². The van der Waals surface area contributed by atoms with Gasteiger partial charge in [-0.3, -0.25) is 9.48 Å². The summed E-state index contributed by atoms with van der Waals surface area (Å²) in [7, 11) is 1.70. The average Bonchev–Trinajstić information content (AvgIpc) is 3.59. The second kappa shape index (κ2) is 9.43. The van der Waals surface area contributed by atoms with Gasteiger partial charge in [0.1, 0.15) is 5.75 Å². The minimum atomic E-state index is -0.326. The zero-order chi connectivity index (χ0) is 23.5. The lowest BCUT2D eigenvalue weighted by Gasteiger charge is -2.19. The first-order valence-electron chi connectivity index (χ1n) is 11.4. The predicted molar refractivity (Wildman–Crippen MR) is 130 cm³/mol. The van der Waals surface area contributed by atoms with E-state index in [1.807, 2.05) is 48.1 Å². The van der Waals surface area contributed by atoms with Gasteiger partial charge in [0.25, 0.3) is 5.91 Å². The average molecular weight is 458 g/mol. The summed E-state index contributed by atoms with van der Waals surface area (Å²) < 4.78 is 12.7. The largest absolute Gasteiger partial charge is 0.497 e. The number of fused-ring (bicyclic) bond motifs is 1. The fourth-order valence-corrected chi connectivity index (χ4v) is 4.35. The van der Waals surface area contributed by atoms with Gasteiger partial charge in [0.2, 0.25) is 0 Å². The third-order valence-corrected chi connectivity index (χ3v) is 6.05. The Morgan fingerprint density at radius 1 is 1.21 bits per heavy atom. The number of aromatic nitrogens is 3. The molecule has 0 saturated heterocycles. The number of nitrogens with one attached hydrogen (secondary N) is 1. The summed E-state index contributed by atoms with van der Waals surface area (Å²) in [5, 5.41) is 7.28. The molecule has 0 aliphatic carbocycles. The van der Waals surface area contributed by atoms with Crippen LogP contribution in [0.15, 0.2) is 65.7 Å². The molecule has 0 radical (unpaired) electrons. The second-order valence-corrected chi connectivity index (χ2v) is 8.43. The Kier molecular flexibility index (Phi) is 6.03. The van der Waals surface area contributed by atoms with E-state index < -0.39 is 0 Å². The van der Waals surface area contributed by atoms with Crippen molar-refractivity contribution < 1.29 is 13.9 Å². The molecule has 2 aromatic heterocycles. The number of nitrogens with zero attached hydrogens (tertiary/aromatic N) is 4. The van der Waals surface area contributed by atoms with Gasteiger partial charge >= 0.3 is 0 Å². The van der Waals surface area contributed by atoms with Crippen molar-refractivity contribution in [3.05, 3.63) is 78.1 Å². The molecule has 0 bridgehead atoms. The molecule has 1 N–H and O–H groups in total. The Hall–Kier alpha value is -4.07. The fraction of sp³-hybridized carbons (Fsp3) is 0.269. The Morgan fingerprint density at radius 2 is 2.12 bits per heavy atom. The molecule has 8 nitrogen and oxygen atoms in total. The monoisotopic (exact) mass is 457 g/mol. The highest BCUT2D eigenvalue weighted by Gasteiger charge is 2.20. The van der Waals surface area contributed by atoms with Crippen LogP contribution in [-0.4, -0.2) is 40.9 Å². The van der Waals surface area contributed by atoms with E-state index in [2.05, 4.69) is 32.4 Å². The highest BCUT2D eigenvalue weighted by Crippen LogP contribution is 2.31. The molecule has 3 heterocycles. The molecule has 0 unspecified atom stereocenters. The zero-order valence-corrected chi connectivity index (χ0v) is 19.3. The molecule has 1 aliphatic heterocycles. The van der Waals surface area contributed by atoms with E-state index in [0.29, 0.717) is 11.4 Å². The first kappa shape index (κ1) is 21.8. The van der Waals surface area contributed by atoms with E-state index in [0.717, 1.165) is 49.4 Å². The number of methoxy groups -OCH3 is 1. The SMILES string of the molecule is COc1ccc2c(c1)N(CCCn1cc(NC(=O)c3ncoc3-c3cccc(C)c3)cn1)CC2. The fourth-order valence-electron chi connectivity index (χ4n) is 4.35. The number of aryl methyl sites for hydroxylation is 2. The smallest absolute Gasteiger partial charge is 0.278 e. The second-order valence-electron chi connectivity index (χ2n) is 8.43. The van der Waals surface area contributed by atoms with Crippen molar-refractivity contribution in [1.29, 1.82) is 0 Å². The first-order valence-corrected chi connectivity index (χ1v) is 11.4. The van der Waals surface area contributed by atoms with Crippen molar-refractivity contribution in [3.8, 4) is 17.1 Å². The van der Waals surface area contributed by atoms with Gasteiger partial charge in [0, 0.05) is 43.1 Å². The first-order chi connectivity index (χ1) is 16.6. The van der Waals surface area contributed by atoms with Crippen LogP contribution >= 0.6 is 0 Å². The molecule has 1 amide bonds. The van der Waals surface area contributed by atoms with Crippen molar-refractivity contribution >= 4 is 17.3 Å². The molecule has 2 aromatic carbocycles. The molecule has 8 heteroatoms. The maximum Gasteiger partial charge on any atom is 0.278 e. The number of oxazole rings is 1. The van der Waals surface area contributed by atoms with Gasteiger partial charge in [-0.1, -0.05) is 29.8 Å². The summed E-state index contributed by atoms with van der Waals surface area (Å²) in [5.41, 5.74) is 5.39. The predicted octanol–water partition coefficient (Wildman–Crippen LogP) is 4.56. The third-order valence-electron chi connectivity index (χ3n) is 6.05. The van der Waals surface area contributed by atoms with Gasteiger partial charge in [-0.2, -0.15) is 5.10 Å². The summed E-state index contributed by atoms with van der Waals surface area (Å²) in [6, 6.07) is 14.1. The number of hydrogen-bond acceptors (Lipinski definition) is 6. The standard InChI is InChI=1S/C26H27N5O3/c1-18-5-3-6-20(13-18)25-24(27-17-34-25)26(32)29-21-15-28-31(16-21)11-4-10-30-12-9-19-7-8-22(33-2)14-23(19)30/h3,5-8,13-17H,4,9-12H2,1-2H3,(H,29,32). The van der Waals surface area contributed by atoms with E-state index in [1.165, 1.54) is 17.6 Å². The summed E-state index contributed by atoms with van der Waals surface area (Å²) in [5.74, 6) is 1.01. The van der Waals surface area contributed by atoms with E-state index in [1.54, 1.807) is 13.3 Å². The number of hydrogen-bond donors (Lipinski definition) is 1. The maximum absolute atomic E-state index is 12.8. The zero-order valence-electron chi connectivity index (χ0n) is 19.3. The maximum atomic E-state index is 12.8.